The Morgan fingerprint density at radius 1 is 1.18 bits per heavy atom. The number of carbonyl (C=O) groups is 3. The Balaban J connectivity index is 1.47. The van der Waals surface area contributed by atoms with E-state index in [1.165, 1.54) is 11.6 Å². The Kier molecular flexibility index (Phi) is 7.65. The molecule has 2 amide bonds. The van der Waals surface area contributed by atoms with Crippen molar-refractivity contribution in [2.45, 2.75) is 59.2 Å². The molecule has 0 saturated heterocycles. The summed E-state index contributed by atoms with van der Waals surface area (Å²) in [6.45, 7) is 9.54. The number of nitrogens with zero attached hydrogens (tertiary/aromatic N) is 7. The Labute approximate surface area is 219 Å². The monoisotopic (exact) mass is 522 g/mol. The van der Waals surface area contributed by atoms with Crippen molar-refractivity contribution >= 4 is 23.8 Å². The fourth-order valence-electron chi connectivity index (χ4n) is 3.82. The molecule has 0 aromatic carbocycles. The Morgan fingerprint density at radius 3 is 2.71 bits per heavy atom. The van der Waals surface area contributed by atoms with E-state index in [1.807, 2.05) is 20.8 Å². The van der Waals surface area contributed by atoms with Crippen LogP contribution in [-0.2, 0) is 27.2 Å². The van der Waals surface area contributed by atoms with Gasteiger partial charge in [0.15, 0.2) is 0 Å². The second kappa shape index (κ2) is 10.9. The smallest absolute Gasteiger partial charge is 0.410 e. The number of hydrogen-bond donors (Lipinski definition) is 1. The number of fused-ring (bicyclic) bond motifs is 1. The number of amides is 2. The molecule has 4 heterocycles. The number of rotatable bonds is 6. The summed E-state index contributed by atoms with van der Waals surface area (Å²) in [6.07, 6.45) is 1.90. The van der Waals surface area contributed by atoms with E-state index in [9.17, 15) is 14.4 Å². The van der Waals surface area contributed by atoms with Crippen LogP contribution in [0.1, 0.15) is 62.3 Å². The molecule has 38 heavy (non-hydrogen) atoms. The van der Waals surface area contributed by atoms with Crippen molar-refractivity contribution in [3.05, 3.63) is 47.3 Å². The van der Waals surface area contributed by atoms with Gasteiger partial charge in [-0.3, -0.25) is 14.6 Å². The van der Waals surface area contributed by atoms with Crippen LogP contribution in [0.4, 0.5) is 10.6 Å². The van der Waals surface area contributed by atoms with E-state index in [2.05, 4.69) is 30.8 Å². The molecule has 0 unspecified atom stereocenters. The summed E-state index contributed by atoms with van der Waals surface area (Å²) in [4.78, 5) is 47.1. The van der Waals surface area contributed by atoms with Crippen LogP contribution >= 0.6 is 0 Å². The molecule has 1 aliphatic rings. The van der Waals surface area contributed by atoms with Crippen molar-refractivity contribution in [3.63, 3.8) is 0 Å². The topological polar surface area (TPSA) is 154 Å². The molecule has 3 aromatic rings. The van der Waals surface area contributed by atoms with Crippen LogP contribution in [0.5, 0.6) is 0 Å². The summed E-state index contributed by atoms with van der Waals surface area (Å²) in [7, 11) is 0. The minimum atomic E-state index is -0.591. The van der Waals surface area contributed by atoms with Gasteiger partial charge in [-0.05, 0) is 73.9 Å². The zero-order valence-corrected chi connectivity index (χ0v) is 22.0. The summed E-state index contributed by atoms with van der Waals surface area (Å²) >= 11 is 0. The minimum Gasteiger partial charge on any atom is -0.464 e. The third kappa shape index (κ3) is 6.47. The van der Waals surface area contributed by atoms with E-state index in [4.69, 9.17) is 9.47 Å². The summed E-state index contributed by atoms with van der Waals surface area (Å²) in [5.74, 6) is -0.211. The highest BCUT2D eigenvalue weighted by molar-refractivity contribution is 6.02. The minimum absolute atomic E-state index is 0.0964. The van der Waals surface area contributed by atoms with E-state index in [0.717, 1.165) is 11.1 Å². The molecule has 0 aliphatic carbocycles. The second-order valence-electron chi connectivity index (χ2n) is 9.95. The SMILES string of the molecule is CC(=O)OC[C@@H](C)n1nnnc1-c1cccc(NC(=O)c2cc3c(cn2)CCN(C(=O)OC(C)(C)C)C3)n1. The van der Waals surface area contributed by atoms with Gasteiger partial charge in [0.05, 0.1) is 6.04 Å². The maximum Gasteiger partial charge on any atom is 0.410 e. The van der Waals surface area contributed by atoms with Crippen molar-refractivity contribution in [3.8, 4) is 11.5 Å². The molecule has 13 nitrogen and oxygen atoms in total. The first-order chi connectivity index (χ1) is 18.0. The van der Waals surface area contributed by atoms with Crippen LogP contribution in [0.15, 0.2) is 30.5 Å². The molecule has 0 radical (unpaired) electrons. The molecule has 3 aromatic heterocycles. The average molecular weight is 523 g/mol. The number of hydrogen-bond acceptors (Lipinski definition) is 10. The highest BCUT2D eigenvalue weighted by Gasteiger charge is 2.27. The van der Waals surface area contributed by atoms with Gasteiger partial charge in [0, 0.05) is 26.2 Å². The van der Waals surface area contributed by atoms with Crippen LogP contribution in [-0.4, -0.2) is 71.8 Å². The summed E-state index contributed by atoms with van der Waals surface area (Å²) in [5.41, 5.74) is 1.85. The van der Waals surface area contributed by atoms with Crippen molar-refractivity contribution in [2.24, 2.45) is 0 Å². The van der Waals surface area contributed by atoms with Crippen LogP contribution in [0.25, 0.3) is 11.5 Å². The fourth-order valence-corrected chi connectivity index (χ4v) is 3.82. The standard InChI is InChI=1S/C25H30N8O5/c1-15(14-37-16(2)34)33-22(29-30-31-33)19-7-6-8-21(27-19)28-23(35)20-11-18-13-32(10-9-17(18)12-26-20)24(36)38-25(3,4)5/h6-8,11-12,15H,9-10,13-14H2,1-5H3,(H,27,28,35)/t15-/m1/s1. The first-order valence-corrected chi connectivity index (χ1v) is 12.2. The van der Waals surface area contributed by atoms with Gasteiger partial charge in [-0.25, -0.2) is 14.5 Å². The highest BCUT2D eigenvalue weighted by Crippen LogP contribution is 2.23. The molecule has 1 atom stereocenters. The molecular formula is C25H30N8O5. The third-order valence-corrected chi connectivity index (χ3v) is 5.64. The number of nitrogens with one attached hydrogen (secondary N) is 1. The van der Waals surface area contributed by atoms with E-state index in [0.29, 0.717) is 31.0 Å². The number of tetrazole rings is 1. The predicted molar refractivity (Wildman–Crippen MR) is 135 cm³/mol. The largest absolute Gasteiger partial charge is 0.464 e. The summed E-state index contributed by atoms with van der Waals surface area (Å²) in [6, 6.07) is 6.41. The van der Waals surface area contributed by atoms with Gasteiger partial charge >= 0.3 is 12.1 Å². The lowest BCUT2D eigenvalue weighted by molar-refractivity contribution is -0.142. The molecular weight excluding hydrogens is 492 g/mol. The van der Waals surface area contributed by atoms with Crippen molar-refractivity contribution in [1.29, 1.82) is 0 Å². The first kappa shape index (κ1) is 26.6. The molecule has 0 fully saturated rings. The molecule has 1 N–H and O–H groups in total. The van der Waals surface area contributed by atoms with Gasteiger partial charge in [-0.15, -0.1) is 5.10 Å². The molecule has 0 spiro atoms. The Hall–Kier alpha value is -4.42. The number of carbonyl (C=O) groups excluding carboxylic acids is 3. The quantitative estimate of drug-likeness (QED) is 0.478. The van der Waals surface area contributed by atoms with Gasteiger partial charge in [0.2, 0.25) is 5.82 Å². The van der Waals surface area contributed by atoms with Crippen LogP contribution in [0.2, 0.25) is 0 Å². The van der Waals surface area contributed by atoms with Crippen molar-refractivity contribution in [2.75, 3.05) is 18.5 Å². The van der Waals surface area contributed by atoms with E-state index >= 15 is 0 Å². The lowest BCUT2D eigenvalue weighted by Gasteiger charge is -2.31. The number of esters is 1. The number of anilines is 1. The van der Waals surface area contributed by atoms with Crippen LogP contribution in [0, 0.1) is 0 Å². The lowest BCUT2D eigenvalue weighted by Crippen LogP contribution is -2.40. The Morgan fingerprint density at radius 2 is 1.97 bits per heavy atom. The number of pyridine rings is 2. The predicted octanol–water partition coefficient (Wildman–Crippen LogP) is 2.80. The van der Waals surface area contributed by atoms with E-state index < -0.39 is 23.6 Å². The molecule has 0 saturated carbocycles. The zero-order chi connectivity index (χ0) is 27.4. The van der Waals surface area contributed by atoms with Crippen molar-refractivity contribution in [1.82, 2.24) is 35.1 Å². The van der Waals surface area contributed by atoms with Crippen LogP contribution < -0.4 is 5.32 Å². The van der Waals surface area contributed by atoms with Gasteiger partial charge in [0.25, 0.3) is 5.91 Å². The maximum atomic E-state index is 13.0. The second-order valence-corrected chi connectivity index (χ2v) is 9.95. The molecule has 1 aliphatic heterocycles. The van der Waals surface area contributed by atoms with Gasteiger partial charge in [0.1, 0.15) is 29.4 Å². The first-order valence-electron chi connectivity index (χ1n) is 12.2. The zero-order valence-electron chi connectivity index (χ0n) is 22.0. The normalized spacial score (nSPS) is 13.9. The molecule has 13 heteroatoms. The maximum absolute atomic E-state index is 13.0. The Bertz CT molecular complexity index is 1350. The fraction of sp³-hybridized carbons (Fsp3) is 0.440. The summed E-state index contributed by atoms with van der Waals surface area (Å²) < 4.78 is 12.0. The van der Waals surface area contributed by atoms with Gasteiger partial charge in [-0.2, -0.15) is 0 Å². The van der Waals surface area contributed by atoms with E-state index in [1.54, 1.807) is 42.3 Å². The van der Waals surface area contributed by atoms with Gasteiger partial charge in [-0.1, -0.05) is 6.07 Å². The highest BCUT2D eigenvalue weighted by atomic mass is 16.6. The number of ether oxygens (including phenoxy) is 2. The average Bonchev–Trinajstić information content (AvgIpc) is 3.36. The molecule has 4 rings (SSSR count). The van der Waals surface area contributed by atoms with Crippen molar-refractivity contribution < 1.29 is 23.9 Å². The van der Waals surface area contributed by atoms with Crippen LogP contribution in [0.3, 0.4) is 0 Å². The molecule has 200 valence electrons. The van der Waals surface area contributed by atoms with E-state index in [-0.39, 0.29) is 24.2 Å². The summed E-state index contributed by atoms with van der Waals surface area (Å²) in [5, 5.41) is 14.5. The third-order valence-electron chi connectivity index (χ3n) is 5.64. The van der Waals surface area contributed by atoms with Gasteiger partial charge < -0.3 is 19.7 Å². The number of aromatic nitrogens is 6. The molecule has 0 bridgehead atoms. The lowest BCUT2D eigenvalue weighted by atomic mass is 10.0.